The van der Waals surface area contributed by atoms with Gasteiger partial charge < -0.3 is 4.90 Å². The Hall–Kier alpha value is -0.570. The molecule has 0 radical (unpaired) electrons. The van der Waals surface area contributed by atoms with Gasteiger partial charge in [-0.25, -0.2) is 0 Å². The SMILES string of the molecule is CC(C)C1NCN(CC2(C)CCCCC2)C1=O. The van der Waals surface area contributed by atoms with E-state index in [1.807, 2.05) is 4.90 Å². The minimum Gasteiger partial charge on any atom is -0.328 e. The van der Waals surface area contributed by atoms with Crippen molar-refractivity contribution >= 4 is 5.91 Å². The van der Waals surface area contributed by atoms with Crippen LogP contribution in [0.4, 0.5) is 0 Å². The first-order valence-corrected chi connectivity index (χ1v) is 7.04. The number of nitrogens with one attached hydrogen (secondary N) is 1. The number of nitrogens with zero attached hydrogens (tertiary/aromatic N) is 1. The summed E-state index contributed by atoms with van der Waals surface area (Å²) in [5, 5.41) is 3.34. The molecule has 1 N–H and O–H groups in total. The fraction of sp³-hybridized carbons (Fsp3) is 0.929. The maximum atomic E-state index is 12.2. The van der Waals surface area contributed by atoms with Gasteiger partial charge in [-0.1, -0.05) is 40.0 Å². The molecule has 1 aliphatic carbocycles. The van der Waals surface area contributed by atoms with E-state index in [2.05, 4.69) is 26.1 Å². The predicted octanol–water partition coefficient (Wildman–Crippen LogP) is 2.37. The second-order valence-corrected chi connectivity index (χ2v) is 6.49. The Morgan fingerprint density at radius 2 is 2.00 bits per heavy atom. The van der Waals surface area contributed by atoms with Gasteiger partial charge in [-0.15, -0.1) is 0 Å². The quantitative estimate of drug-likeness (QED) is 0.818. The van der Waals surface area contributed by atoms with E-state index >= 15 is 0 Å². The van der Waals surface area contributed by atoms with E-state index in [0.29, 0.717) is 17.2 Å². The van der Waals surface area contributed by atoms with Crippen LogP contribution in [0.25, 0.3) is 0 Å². The minimum atomic E-state index is 0.0437. The van der Waals surface area contributed by atoms with Gasteiger partial charge in [0, 0.05) is 6.54 Å². The molecule has 0 spiro atoms. The van der Waals surface area contributed by atoms with Crippen LogP contribution in [0.15, 0.2) is 0 Å². The second-order valence-electron chi connectivity index (χ2n) is 6.49. The van der Waals surface area contributed by atoms with Gasteiger partial charge >= 0.3 is 0 Å². The molecule has 1 amide bonds. The number of carbonyl (C=O) groups excluding carboxylic acids is 1. The van der Waals surface area contributed by atoms with E-state index in [9.17, 15) is 4.79 Å². The molecule has 0 aromatic heterocycles. The number of amides is 1. The molecule has 17 heavy (non-hydrogen) atoms. The van der Waals surface area contributed by atoms with Crippen molar-refractivity contribution in [3.05, 3.63) is 0 Å². The molecule has 2 rings (SSSR count). The highest BCUT2D eigenvalue weighted by molar-refractivity contribution is 5.84. The molecule has 3 nitrogen and oxygen atoms in total. The Balaban J connectivity index is 1.93. The molecule has 98 valence electrons. The van der Waals surface area contributed by atoms with Crippen LogP contribution in [0, 0.1) is 11.3 Å². The third-order valence-electron chi connectivity index (χ3n) is 4.38. The van der Waals surface area contributed by atoms with Gasteiger partial charge in [-0.3, -0.25) is 10.1 Å². The van der Waals surface area contributed by atoms with Crippen LogP contribution >= 0.6 is 0 Å². The molecule has 1 atom stereocenters. The number of hydrogen-bond acceptors (Lipinski definition) is 2. The summed E-state index contributed by atoms with van der Waals surface area (Å²) in [6, 6.07) is 0.0437. The van der Waals surface area contributed by atoms with Crippen LogP contribution in [0.2, 0.25) is 0 Å². The van der Waals surface area contributed by atoms with Crippen molar-refractivity contribution in [2.24, 2.45) is 11.3 Å². The van der Waals surface area contributed by atoms with Gasteiger partial charge in [0.1, 0.15) is 0 Å². The molecule has 0 aromatic rings. The highest BCUT2D eigenvalue weighted by atomic mass is 16.2. The lowest BCUT2D eigenvalue weighted by atomic mass is 9.75. The average Bonchev–Trinajstić information content (AvgIpc) is 2.61. The summed E-state index contributed by atoms with van der Waals surface area (Å²) < 4.78 is 0. The summed E-state index contributed by atoms with van der Waals surface area (Å²) in [6.45, 7) is 8.27. The molecule has 1 heterocycles. The summed E-state index contributed by atoms with van der Waals surface area (Å²) in [5.41, 5.74) is 0.363. The fourth-order valence-corrected chi connectivity index (χ4v) is 3.25. The highest BCUT2D eigenvalue weighted by Crippen LogP contribution is 2.36. The lowest BCUT2D eigenvalue weighted by Gasteiger charge is -2.36. The molecular weight excluding hydrogens is 212 g/mol. The second kappa shape index (κ2) is 4.97. The monoisotopic (exact) mass is 238 g/mol. The summed E-state index contributed by atoms with van der Waals surface area (Å²) in [7, 11) is 0. The molecule has 1 aliphatic heterocycles. The van der Waals surface area contributed by atoms with Gasteiger partial charge in [-0.05, 0) is 24.2 Å². The first-order chi connectivity index (χ1) is 8.02. The maximum Gasteiger partial charge on any atom is 0.241 e. The predicted molar refractivity (Wildman–Crippen MR) is 69.5 cm³/mol. The summed E-state index contributed by atoms with van der Waals surface area (Å²) in [4.78, 5) is 14.3. The molecule has 1 unspecified atom stereocenters. The van der Waals surface area contributed by atoms with Crippen LogP contribution < -0.4 is 5.32 Å². The standard InChI is InChI=1S/C14H26N2O/c1-11(2)12-13(17)16(10-15-12)9-14(3)7-5-4-6-8-14/h11-12,15H,4-10H2,1-3H3. The number of rotatable bonds is 3. The van der Waals surface area contributed by atoms with Gasteiger partial charge in [0.2, 0.25) is 5.91 Å². The van der Waals surface area contributed by atoms with Crippen molar-refractivity contribution in [2.75, 3.05) is 13.2 Å². The zero-order chi connectivity index (χ0) is 12.5. The van der Waals surface area contributed by atoms with Crippen LogP contribution in [-0.2, 0) is 4.79 Å². The smallest absolute Gasteiger partial charge is 0.241 e. The van der Waals surface area contributed by atoms with E-state index in [-0.39, 0.29) is 6.04 Å². The molecule has 1 saturated carbocycles. The van der Waals surface area contributed by atoms with Crippen molar-refractivity contribution in [3.8, 4) is 0 Å². The third-order valence-corrected chi connectivity index (χ3v) is 4.38. The van der Waals surface area contributed by atoms with Gasteiger partial charge in [-0.2, -0.15) is 0 Å². The van der Waals surface area contributed by atoms with Gasteiger partial charge in [0.25, 0.3) is 0 Å². The Morgan fingerprint density at radius 1 is 1.35 bits per heavy atom. The minimum absolute atomic E-state index is 0.0437. The Morgan fingerprint density at radius 3 is 2.53 bits per heavy atom. The van der Waals surface area contributed by atoms with Crippen molar-refractivity contribution < 1.29 is 4.79 Å². The first-order valence-electron chi connectivity index (χ1n) is 7.04. The lowest BCUT2D eigenvalue weighted by Crippen LogP contribution is -2.40. The Bertz CT molecular complexity index is 282. The van der Waals surface area contributed by atoms with Crippen molar-refractivity contribution in [3.63, 3.8) is 0 Å². The van der Waals surface area contributed by atoms with Gasteiger partial charge in [0.05, 0.1) is 12.7 Å². The molecular formula is C14H26N2O. The average molecular weight is 238 g/mol. The molecule has 2 fully saturated rings. The van der Waals surface area contributed by atoms with E-state index < -0.39 is 0 Å². The van der Waals surface area contributed by atoms with Crippen molar-refractivity contribution in [1.82, 2.24) is 10.2 Å². The Labute approximate surface area is 105 Å². The van der Waals surface area contributed by atoms with E-state index in [4.69, 9.17) is 0 Å². The van der Waals surface area contributed by atoms with Crippen LogP contribution in [-0.4, -0.2) is 30.1 Å². The summed E-state index contributed by atoms with van der Waals surface area (Å²) >= 11 is 0. The number of carbonyl (C=O) groups is 1. The molecule has 3 heteroatoms. The van der Waals surface area contributed by atoms with E-state index in [0.717, 1.165) is 13.2 Å². The fourth-order valence-electron chi connectivity index (χ4n) is 3.25. The van der Waals surface area contributed by atoms with Crippen LogP contribution in [0.5, 0.6) is 0 Å². The normalized spacial score (nSPS) is 29.1. The molecule has 2 aliphatic rings. The topological polar surface area (TPSA) is 32.3 Å². The molecule has 0 aromatic carbocycles. The summed E-state index contributed by atoms with van der Waals surface area (Å²) in [5.74, 6) is 0.707. The lowest BCUT2D eigenvalue weighted by molar-refractivity contribution is -0.131. The van der Waals surface area contributed by atoms with Crippen molar-refractivity contribution in [2.45, 2.75) is 58.9 Å². The van der Waals surface area contributed by atoms with E-state index in [1.54, 1.807) is 0 Å². The summed E-state index contributed by atoms with van der Waals surface area (Å²) in [6.07, 6.45) is 6.60. The maximum absolute atomic E-state index is 12.2. The first kappa shape index (κ1) is 12.9. The third kappa shape index (κ3) is 2.82. The Kier molecular flexibility index (Phi) is 3.76. The van der Waals surface area contributed by atoms with Crippen molar-refractivity contribution in [1.29, 1.82) is 0 Å². The highest BCUT2D eigenvalue weighted by Gasteiger charge is 2.37. The number of hydrogen-bond donors (Lipinski definition) is 1. The molecule has 0 bridgehead atoms. The zero-order valence-corrected chi connectivity index (χ0v) is 11.5. The molecule has 1 saturated heterocycles. The van der Waals surface area contributed by atoms with E-state index in [1.165, 1.54) is 32.1 Å². The largest absolute Gasteiger partial charge is 0.328 e. The van der Waals surface area contributed by atoms with Crippen LogP contribution in [0.1, 0.15) is 52.9 Å². The zero-order valence-electron chi connectivity index (χ0n) is 11.5. The van der Waals surface area contributed by atoms with Gasteiger partial charge in [0.15, 0.2) is 0 Å². The van der Waals surface area contributed by atoms with Crippen LogP contribution in [0.3, 0.4) is 0 Å².